The van der Waals surface area contributed by atoms with E-state index in [0.29, 0.717) is 6.04 Å². The van der Waals surface area contributed by atoms with Gasteiger partial charge in [-0.3, -0.25) is 0 Å². The normalized spacial score (nSPS) is 26.0. The van der Waals surface area contributed by atoms with Gasteiger partial charge in [-0.25, -0.2) is 0 Å². The standard InChI is InChI=1S/C16H32N2/c1-4-17-15(14(2)3)13-18-11-9-16(10-12-18)7-5-6-8-16/h14-15,17H,4-13H2,1-3H3. The van der Waals surface area contributed by atoms with Crippen molar-refractivity contribution < 1.29 is 0 Å². The summed E-state index contributed by atoms with van der Waals surface area (Å²) in [6.45, 7) is 11.9. The zero-order valence-corrected chi connectivity index (χ0v) is 12.7. The molecule has 1 saturated heterocycles. The molecule has 2 nitrogen and oxygen atoms in total. The molecule has 1 aliphatic carbocycles. The molecule has 1 spiro atoms. The van der Waals surface area contributed by atoms with E-state index >= 15 is 0 Å². The summed E-state index contributed by atoms with van der Waals surface area (Å²) in [5, 5.41) is 3.65. The van der Waals surface area contributed by atoms with E-state index in [-0.39, 0.29) is 0 Å². The van der Waals surface area contributed by atoms with Crippen LogP contribution in [0.1, 0.15) is 59.3 Å². The molecule has 0 aromatic carbocycles. The minimum atomic E-state index is 0.674. The number of nitrogens with one attached hydrogen (secondary N) is 1. The largest absolute Gasteiger partial charge is 0.313 e. The molecule has 0 aromatic rings. The van der Waals surface area contributed by atoms with Crippen molar-refractivity contribution in [2.24, 2.45) is 11.3 Å². The van der Waals surface area contributed by atoms with Crippen LogP contribution in [0.25, 0.3) is 0 Å². The third kappa shape index (κ3) is 3.48. The lowest BCUT2D eigenvalue weighted by atomic mass is 9.77. The zero-order valence-electron chi connectivity index (χ0n) is 12.7. The summed E-state index contributed by atoms with van der Waals surface area (Å²) < 4.78 is 0. The van der Waals surface area contributed by atoms with E-state index in [2.05, 4.69) is 31.0 Å². The van der Waals surface area contributed by atoms with Crippen LogP contribution in [0.3, 0.4) is 0 Å². The maximum atomic E-state index is 3.65. The smallest absolute Gasteiger partial charge is 0.0217 e. The van der Waals surface area contributed by atoms with Crippen molar-refractivity contribution in [2.75, 3.05) is 26.2 Å². The average Bonchev–Trinajstić information content (AvgIpc) is 2.80. The number of hydrogen-bond acceptors (Lipinski definition) is 2. The lowest BCUT2D eigenvalue weighted by molar-refractivity contribution is 0.0954. The second-order valence-corrected chi connectivity index (χ2v) is 6.92. The van der Waals surface area contributed by atoms with Gasteiger partial charge in [-0.2, -0.15) is 0 Å². The molecule has 2 rings (SSSR count). The van der Waals surface area contributed by atoms with Crippen molar-refractivity contribution >= 4 is 0 Å². The van der Waals surface area contributed by atoms with Gasteiger partial charge >= 0.3 is 0 Å². The van der Waals surface area contributed by atoms with Crippen molar-refractivity contribution in [2.45, 2.75) is 65.3 Å². The molecular formula is C16H32N2. The minimum absolute atomic E-state index is 0.674. The Hall–Kier alpha value is -0.0800. The highest BCUT2D eigenvalue weighted by atomic mass is 15.2. The number of hydrogen-bond donors (Lipinski definition) is 1. The van der Waals surface area contributed by atoms with Crippen LogP contribution >= 0.6 is 0 Å². The van der Waals surface area contributed by atoms with Crippen LogP contribution in [0.4, 0.5) is 0 Å². The Kier molecular flexibility index (Phi) is 5.08. The van der Waals surface area contributed by atoms with E-state index in [1.54, 1.807) is 0 Å². The number of rotatable bonds is 5. The molecule has 1 atom stereocenters. The van der Waals surface area contributed by atoms with Gasteiger partial charge in [-0.05, 0) is 56.7 Å². The molecule has 2 aliphatic rings. The number of likely N-dealkylation sites (N-methyl/N-ethyl adjacent to an activating group) is 1. The maximum Gasteiger partial charge on any atom is 0.0217 e. The fourth-order valence-corrected chi connectivity index (χ4v) is 3.89. The van der Waals surface area contributed by atoms with Crippen LogP contribution in [0.15, 0.2) is 0 Å². The van der Waals surface area contributed by atoms with Crippen molar-refractivity contribution in [1.29, 1.82) is 0 Å². The molecular weight excluding hydrogens is 220 g/mol. The van der Waals surface area contributed by atoms with Gasteiger partial charge in [0, 0.05) is 12.6 Å². The molecule has 0 bridgehead atoms. The Bertz CT molecular complexity index is 233. The summed E-state index contributed by atoms with van der Waals surface area (Å²) in [6.07, 6.45) is 8.94. The van der Waals surface area contributed by atoms with Crippen LogP contribution < -0.4 is 5.32 Å². The van der Waals surface area contributed by atoms with Gasteiger partial charge in [-0.1, -0.05) is 33.6 Å². The molecule has 0 radical (unpaired) electrons. The van der Waals surface area contributed by atoms with E-state index in [1.165, 1.54) is 58.2 Å². The van der Waals surface area contributed by atoms with Crippen molar-refractivity contribution in [1.82, 2.24) is 10.2 Å². The molecule has 1 unspecified atom stereocenters. The number of likely N-dealkylation sites (tertiary alicyclic amines) is 1. The molecule has 1 heterocycles. The van der Waals surface area contributed by atoms with E-state index < -0.39 is 0 Å². The second-order valence-electron chi connectivity index (χ2n) is 6.92. The average molecular weight is 252 g/mol. The predicted molar refractivity (Wildman–Crippen MR) is 78.9 cm³/mol. The Balaban J connectivity index is 1.78. The fourth-order valence-electron chi connectivity index (χ4n) is 3.89. The first-order valence-corrected chi connectivity index (χ1v) is 8.11. The Morgan fingerprint density at radius 1 is 1.06 bits per heavy atom. The quantitative estimate of drug-likeness (QED) is 0.808. The Morgan fingerprint density at radius 2 is 1.67 bits per heavy atom. The highest BCUT2D eigenvalue weighted by molar-refractivity contribution is 4.90. The third-order valence-electron chi connectivity index (χ3n) is 5.31. The molecule has 106 valence electrons. The number of nitrogens with zero attached hydrogens (tertiary/aromatic N) is 1. The van der Waals surface area contributed by atoms with Gasteiger partial charge in [0.15, 0.2) is 0 Å². The Labute approximate surface area is 114 Å². The van der Waals surface area contributed by atoms with Crippen LogP contribution in [0.5, 0.6) is 0 Å². The first-order valence-electron chi connectivity index (χ1n) is 8.11. The number of piperidine rings is 1. The molecule has 1 N–H and O–H groups in total. The van der Waals surface area contributed by atoms with Gasteiger partial charge in [-0.15, -0.1) is 0 Å². The van der Waals surface area contributed by atoms with Crippen LogP contribution in [0.2, 0.25) is 0 Å². The van der Waals surface area contributed by atoms with E-state index in [4.69, 9.17) is 0 Å². The monoisotopic (exact) mass is 252 g/mol. The molecule has 1 saturated carbocycles. The summed E-state index contributed by atoms with van der Waals surface area (Å²) in [5.74, 6) is 0.743. The SMILES string of the molecule is CCNC(CN1CCC2(CCCC2)CC1)C(C)C. The minimum Gasteiger partial charge on any atom is -0.313 e. The first kappa shape index (κ1) is 14.3. The highest BCUT2D eigenvalue weighted by Crippen LogP contribution is 2.46. The lowest BCUT2D eigenvalue weighted by Crippen LogP contribution is -2.48. The summed E-state index contributed by atoms with van der Waals surface area (Å²) in [6, 6.07) is 0.674. The van der Waals surface area contributed by atoms with Gasteiger partial charge in [0.1, 0.15) is 0 Å². The zero-order chi connectivity index (χ0) is 13.0. The van der Waals surface area contributed by atoms with Crippen molar-refractivity contribution in [3.8, 4) is 0 Å². The molecule has 18 heavy (non-hydrogen) atoms. The van der Waals surface area contributed by atoms with Gasteiger partial charge in [0.25, 0.3) is 0 Å². The van der Waals surface area contributed by atoms with Gasteiger partial charge in [0.05, 0.1) is 0 Å². The second kappa shape index (κ2) is 6.38. The van der Waals surface area contributed by atoms with Crippen molar-refractivity contribution in [3.63, 3.8) is 0 Å². The van der Waals surface area contributed by atoms with E-state index in [9.17, 15) is 0 Å². The maximum absolute atomic E-state index is 3.65. The van der Waals surface area contributed by atoms with Gasteiger partial charge < -0.3 is 10.2 Å². The van der Waals surface area contributed by atoms with Gasteiger partial charge in [0.2, 0.25) is 0 Å². The summed E-state index contributed by atoms with van der Waals surface area (Å²) in [4.78, 5) is 2.71. The summed E-state index contributed by atoms with van der Waals surface area (Å²) in [5.41, 5.74) is 0.766. The fraction of sp³-hybridized carbons (Fsp3) is 1.00. The topological polar surface area (TPSA) is 15.3 Å². The van der Waals surface area contributed by atoms with Crippen LogP contribution in [-0.4, -0.2) is 37.1 Å². The lowest BCUT2D eigenvalue weighted by Gasteiger charge is -2.41. The Morgan fingerprint density at radius 3 is 2.17 bits per heavy atom. The summed E-state index contributed by atoms with van der Waals surface area (Å²) >= 11 is 0. The predicted octanol–water partition coefficient (Wildman–Crippen LogP) is 3.28. The van der Waals surface area contributed by atoms with Crippen LogP contribution in [0, 0.1) is 11.3 Å². The highest BCUT2D eigenvalue weighted by Gasteiger charge is 2.37. The third-order valence-corrected chi connectivity index (χ3v) is 5.31. The van der Waals surface area contributed by atoms with E-state index in [0.717, 1.165) is 17.9 Å². The molecule has 0 aromatic heterocycles. The molecule has 0 amide bonds. The molecule has 1 aliphatic heterocycles. The first-order chi connectivity index (χ1) is 8.65. The van der Waals surface area contributed by atoms with Crippen LogP contribution in [-0.2, 0) is 0 Å². The molecule has 2 fully saturated rings. The summed E-state index contributed by atoms with van der Waals surface area (Å²) in [7, 11) is 0. The van der Waals surface area contributed by atoms with Crippen molar-refractivity contribution in [3.05, 3.63) is 0 Å². The molecule has 2 heteroatoms. The van der Waals surface area contributed by atoms with E-state index in [1.807, 2.05) is 0 Å².